The molecule has 3 aromatic rings. The average Bonchev–Trinajstić information content (AvgIpc) is 2.90. The molecule has 0 amide bonds. The number of anilines is 3. The molecule has 2 heterocycles. The molecule has 2 fully saturated rings. The van der Waals surface area contributed by atoms with Crippen LogP contribution in [0.1, 0.15) is 50.5 Å². The fourth-order valence-electron chi connectivity index (χ4n) is 5.76. The second-order valence-corrected chi connectivity index (χ2v) is 10.1. The topological polar surface area (TPSA) is 52.9 Å². The molecule has 2 aliphatic carbocycles. The third-order valence-electron chi connectivity index (χ3n) is 7.56. The van der Waals surface area contributed by atoms with Gasteiger partial charge in [-0.05, 0) is 56.2 Å². The second-order valence-electron chi connectivity index (χ2n) is 10.1. The Hall–Kier alpha value is -3.47. The monoisotopic (exact) mass is 463 g/mol. The van der Waals surface area contributed by atoms with Gasteiger partial charge in [0, 0.05) is 48.4 Å². The third-order valence-corrected chi connectivity index (χ3v) is 7.56. The maximum atomic E-state index is 5.41. The maximum absolute atomic E-state index is 5.41. The molecule has 5 nitrogen and oxygen atoms in total. The zero-order chi connectivity index (χ0) is 23.6. The molecule has 6 rings (SSSR count). The lowest BCUT2D eigenvalue weighted by atomic mass is 9.83. The highest BCUT2D eigenvalue weighted by Crippen LogP contribution is 2.43. The zero-order valence-corrected chi connectivity index (χ0v) is 20.4. The Morgan fingerprint density at radius 3 is 2.54 bits per heavy atom. The van der Waals surface area contributed by atoms with E-state index in [4.69, 9.17) is 9.98 Å². The van der Waals surface area contributed by atoms with Gasteiger partial charge >= 0.3 is 0 Å². The summed E-state index contributed by atoms with van der Waals surface area (Å²) >= 11 is 0. The molecule has 35 heavy (non-hydrogen) atoms. The van der Waals surface area contributed by atoms with Crippen molar-refractivity contribution in [3.05, 3.63) is 78.6 Å². The van der Waals surface area contributed by atoms with Crippen molar-refractivity contribution in [2.24, 2.45) is 9.98 Å². The fourth-order valence-corrected chi connectivity index (χ4v) is 5.76. The Balaban J connectivity index is 1.40. The molecule has 1 aliphatic heterocycles. The van der Waals surface area contributed by atoms with E-state index in [0.717, 1.165) is 24.2 Å². The van der Waals surface area contributed by atoms with Crippen molar-refractivity contribution in [1.29, 1.82) is 0 Å². The normalized spacial score (nSPS) is 23.4. The Labute approximate surface area is 208 Å². The van der Waals surface area contributed by atoms with Gasteiger partial charge in [-0.3, -0.25) is 15.0 Å². The molecule has 2 aromatic carbocycles. The van der Waals surface area contributed by atoms with Crippen LogP contribution in [0.15, 0.2) is 83.0 Å². The summed E-state index contributed by atoms with van der Waals surface area (Å²) in [5.41, 5.74) is 8.27. The predicted molar refractivity (Wildman–Crippen MR) is 146 cm³/mol. The highest BCUT2D eigenvalue weighted by Gasteiger charge is 2.39. The standard InChI is InChI=1S/C30H33N5/c1-21-13-15-24(16-14-21)35-29-12-6-5-11-25(29)34-28-18-26(33-23-10-7-17-31-20-23)27(19-30(28)35)32-22-8-3-2-4-9-22/h5-7,10-17,20,22,26,30,33H,2-4,8-9,18-19H2,1H3. The summed E-state index contributed by atoms with van der Waals surface area (Å²) in [4.78, 5) is 17.4. The van der Waals surface area contributed by atoms with Gasteiger partial charge in [0.25, 0.3) is 0 Å². The van der Waals surface area contributed by atoms with Gasteiger partial charge in [0.2, 0.25) is 0 Å². The number of aromatic nitrogens is 1. The number of nitrogens with one attached hydrogen (secondary N) is 1. The Morgan fingerprint density at radius 1 is 0.914 bits per heavy atom. The van der Waals surface area contributed by atoms with Crippen LogP contribution in [-0.2, 0) is 0 Å². The molecular formula is C30H33N5. The second kappa shape index (κ2) is 9.65. The van der Waals surface area contributed by atoms with Crippen LogP contribution < -0.4 is 10.2 Å². The zero-order valence-electron chi connectivity index (χ0n) is 20.4. The van der Waals surface area contributed by atoms with E-state index in [1.54, 1.807) is 0 Å². The molecule has 5 heteroatoms. The van der Waals surface area contributed by atoms with Gasteiger partial charge in [0.15, 0.2) is 0 Å². The fraction of sp³-hybridized carbons (Fsp3) is 0.367. The molecule has 0 radical (unpaired) electrons. The van der Waals surface area contributed by atoms with E-state index in [1.165, 1.54) is 60.5 Å². The van der Waals surface area contributed by atoms with Crippen molar-refractivity contribution in [2.45, 2.75) is 70.0 Å². The lowest BCUT2D eigenvalue weighted by Crippen LogP contribution is -2.51. The molecule has 178 valence electrons. The van der Waals surface area contributed by atoms with Crippen molar-refractivity contribution in [2.75, 3.05) is 10.2 Å². The van der Waals surface area contributed by atoms with Crippen LogP contribution >= 0.6 is 0 Å². The summed E-state index contributed by atoms with van der Waals surface area (Å²) in [7, 11) is 0. The first-order valence-electron chi connectivity index (χ1n) is 13.0. The summed E-state index contributed by atoms with van der Waals surface area (Å²) in [6.45, 7) is 2.14. The number of aryl methyl sites for hydroxylation is 1. The smallest absolute Gasteiger partial charge is 0.0867 e. The van der Waals surface area contributed by atoms with E-state index in [1.807, 2.05) is 18.5 Å². The first-order chi connectivity index (χ1) is 17.2. The Morgan fingerprint density at radius 2 is 1.74 bits per heavy atom. The Bertz CT molecular complexity index is 1230. The average molecular weight is 464 g/mol. The largest absolute Gasteiger partial charge is 0.375 e. The number of benzene rings is 2. The van der Waals surface area contributed by atoms with Gasteiger partial charge in [0.1, 0.15) is 0 Å². The summed E-state index contributed by atoms with van der Waals surface area (Å²) in [6, 6.07) is 22.3. The summed E-state index contributed by atoms with van der Waals surface area (Å²) in [5.74, 6) is 0. The van der Waals surface area contributed by atoms with Crippen molar-refractivity contribution >= 4 is 34.2 Å². The minimum absolute atomic E-state index is 0.140. The van der Waals surface area contributed by atoms with E-state index >= 15 is 0 Å². The van der Waals surface area contributed by atoms with E-state index < -0.39 is 0 Å². The van der Waals surface area contributed by atoms with Gasteiger partial charge < -0.3 is 10.2 Å². The van der Waals surface area contributed by atoms with Crippen LogP contribution in [0.2, 0.25) is 0 Å². The van der Waals surface area contributed by atoms with Crippen LogP contribution in [0.3, 0.4) is 0 Å². The molecule has 0 saturated heterocycles. The molecule has 1 N–H and O–H groups in total. The number of para-hydroxylation sites is 2. The van der Waals surface area contributed by atoms with Gasteiger partial charge in [-0.1, -0.05) is 49.1 Å². The summed E-state index contributed by atoms with van der Waals surface area (Å²) in [5, 5.41) is 3.75. The van der Waals surface area contributed by atoms with Crippen molar-refractivity contribution < 1.29 is 0 Å². The summed E-state index contributed by atoms with van der Waals surface area (Å²) < 4.78 is 0. The lowest BCUT2D eigenvalue weighted by molar-refractivity contribution is 0.441. The molecule has 2 saturated carbocycles. The molecule has 2 atom stereocenters. The van der Waals surface area contributed by atoms with E-state index in [-0.39, 0.29) is 12.1 Å². The molecule has 0 spiro atoms. The molecule has 2 unspecified atom stereocenters. The molecule has 0 bridgehead atoms. The predicted octanol–water partition coefficient (Wildman–Crippen LogP) is 7.03. The number of hydrogen-bond acceptors (Lipinski definition) is 5. The van der Waals surface area contributed by atoms with E-state index in [9.17, 15) is 0 Å². The third kappa shape index (κ3) is 4.60. The van der Waals surface area contributed by atoms with Crippen molar-refractivity contribution in [3.63, 3.8) is 0 Å². The molecular weight excluding hydrogens is 430 g/mol. The minimum atomic E-state index is 0.140. The van der Waals surface area contributed by atoms with Gasteiger partial charge in [0.05, 0.1) is 29.1 Å². The molecule has 3 aliphatic rings. The van der Waals surface area contributed by atoms with Crippen LogP contribution in [0.5, 0.6) is 0 Å². The van der Waals surface area contributed by atoms with Gasteiger partial charge in [-0.15, -0.1) is 0 Å². The first kappa shape index (κ1) is 22.0. The highest BCUT2D eigenvalue weighted by atomic mass is 15.2. The minimum Gasteiger partial charge on any atom is -0.375 e. The maximum Gasteiger partial charge on any atom is 0.0867 e. The number of fused-ring (bicyclic) bond motifs is 2. The van der Waals surface area contributed by atoms with Crippen LogP contribution in [0.4, 0.5) is 22.7 Å². The van der Waals surface area contributed by atoms with Crippen LogP contribution in [0, 0.1) is 6.92 Å². The van der Waals surface area contributed by atoms with E-state index in [2.05, 4.69) is 76.7 Å². The number of aliphatic imine (C=N–C) groups is 2. The van der Waals surface area contributed by atoms with E-state index in [0.29, 0.717) is 6.04 Å². The van der Waals surface area contributed by atoms with Crippen LogP contribution in [0.25, 0.3) is 0 Å². The molecule has 1 aromatic heterocycles. The quantitative estimate of drug-likeness (QED) is 0.452. The van der Waals surface area contributed by atoms with Gasteiger partial charge in [-0.25, -0.2) is 0 Å². The number of pyridine rings is 1. The van der Waals surface area contributed by atoms with Crippen LogP contribution in [-0.4, -0.2) is 34.5 Å². The summed E-state index contributed by atoms with van der Waals surface area (Å²) in [6.07, 6.45) is 11.8. The number of rotatable bonds is 4. The van der Waals surface area contributed by atoms with Gasteiger partial charge in [-0.2, -0.15) is 0 Å². The SMILES string of the molecule is Cc1ccc(N2c3ccccc3N=C3CC(Nc4cccnc4)C(=NC4CCCCC4)CC32)cc1. The highest BCUT2D eigenvalue weighted by molar-refractivity contribution is 6.11. The lowest BCUT2D eigenvalue weighted by Gasteiger charge is -2.43. The van der Waals surface area contributed by atoms with Crippen molar-refractivity contribution in [1.82, 2.24) is 4.98 Å². The Kier molecular flexibility index (Phi) is 6.07. The van der Waals surface area contributed by atoms with Crippen molar-refractivity contribution in [3.8, 4) is 0 Å². The number of nitrogens with zero attached hydrogens (tertiary/aromatic N) is 4. The first-order valence-corrected chi connectivity index (χ1v) is 13.0. The number of hydrogen-bond donors (Lipinski definition) is 1.